The zero-order valence-electron chi connectivity index (χ0n) is 17.6. The van der Waals surface area contributed by atoms with E-state index in [0.717, 1.165) is 16.5 Å². The normalized spacial score (nSPS) is 16.9. The molecule has 0 saturated heterocycles. The van der Waals surface area contributed by atoms with Crippen LogP contribution in [0, 0.1) is 0 Å². The third kappa shape index (κ3) is 4.35. The summed E-state index contributed by atoms with van der Waals surface area (Å²) in [5.41, 5.74) is 1.06. The molecule has 1 atom stereocenters. The number of esters is 1. The minimum atomic E-state index is -0.743. The van der Waals surface area contributed by atoms with E-state index in [1.807, 2.05) is 19.9 Å². The van der Waals surface area contributed by atoms with Crippen LogP contribution in [0.4, 0.5) is 0 Å². The molecule has 1 aromatic heterocycles. The highest BCUT2D eigenvalue weighted by Crippen LogP contribution is 2.37. The van der Waals surface area contributed by atoms with Gasteiger partial charge in [0, 0.05) is 30.4 Å². The fraction of sp³-hybridized carbons (Fsp3) is 0.333. The second-order valence-corrected chi connectivity index (χ2v) is 8.15. The maximum absolute atomic E-state index is 12.5. The van der Waals surface area contributed by atoms with Crippen molar-refractivity contribution in [3.05, 3.63) is 64.0 Å². The van der Waals surface area contributed by atoms with Crippen LogP contribution in [-0.4, -0.2) is 29.9 Å². The Morgan fingerprint density at radius 2 is 2.00 bits per heavy atom. The molecule has 1 aliphatic heterocycles. The van der Waals surface area contributed by atoms with E-state index < -0.39 is 17.3 Å². The molecule has 0 radical (unpaired) electrons. The zero-order chi connectivity index (χ0) is 22.2. The van der Waals surface area contributed by atoms with Gasteiger partial charge in [-0.15, -0.1) is 0 Å². The highest BCUT2D eigenvalue weighted by molar-refractivity contribution is 5.79. The van der Waals surface area contributed by atoms with Crippen LogP contribution in [0.15, 0.2) is 51.7 Å². The van der Waals surface area contributed by atoms with Gasteiger partial charge in [-0.3, -0.25) is 4.79 Å². The van der Waals surface area contributed by atoms with Crippen molar-refractivity contribution in [2.24, 2.45) is 0 Å². The molecule has 7 nitrogen and oxygen atoms in total. The van der Waals surface area contributed by atoms with E-state index in [1.165, 1.54) is 13.2 Å². The first-order valence-electron chi connectivity index (χ1n) is 10.1. The quantitative estimate of drug-likeness (QED) is 0.492. The third-order valence-electron chi connectivity index (χ3n) is 5.49. The van der Waals surface area contributed by atoms with Gasteiger partial charge in [0.05, 0.1) is 7.11 Å². The molecular formula is C24H24O7. The Labute approximate surface area is 179 Å². The van der Waals surface area contributed by atoms with E-state index in [2.05, 4.69) is 0 Å². The molecule has 4 rings (SSSR count). The van der Waals surface area contributed by atoms with E-state index >= 15 is 0 Å². The number of hydrogen-bond acceptors (Lipinski definition) is 7. The number of phenols is 1. The number of aryl methyl sites for hydroxylation is 1. The molecule has 2 aromatic carbocycles. The Bertz CT molecular complexity index is 1190. The Balaban J connectivity index is 1.46. The molecule has 2 heterocycles. The van der Waals surface area contributed by atoms with Gasteiger partial charge in [0.25, 0.3) is 0 Å². The van der Waals surface area contributed by atoms with Gasteiger partial charge in [0.15, 0.2) is 11.5 Å². The zero-order valence-corrected chi connectivity index (χ0v) is 17.6. The lowest BCUT2D eigenvalue weighted by Gasteiger charge is -2.39. The van der Waals surface area contributed by atoms with Gasteiger partial charge in [-0.05, 0) is 55.7 Å². The first kappa shape index (κ1) is 20.8. The van der Waals surface area contributed by atoms with Crippen molar-refractivity contribution in [3.8, 4) is 17.2 Å². The van der Waals surface area contributed by atoms with E-state index in [-0.39, 0.29) is 18.1 Å². The van der Waals surface area contributed by atoms with Crippen LogP contribution >= 0.6 is 0 Å². The third-order valence-corrected chi connectivity index (χ3v) is 5.49. The Morgan fingerprint density at radius 3 is 2.77 bits per heavy atom. The average molecular weight is 424 g/mol. The summed E-state index contributed by atoms with van der Waals surface area (Å²) >= 11 is 0. The number of carbonyl (C=O) groups is 1. The summed E-state index contributed by atoms with van der Waals surface area (Å²) in [6.45, 7) is 3.73. The summed E-state index contributed by atoms with van der Waals surface area (Å²) in [4.78, 5) is 24.0. The van der Waals surface area contributed by atoms with Gasteiger partial charge < -0.3 is 23.7 Å². The Kier molecular flexibility index (Phi) is 5.35. The predicted molar refractivity (Wildman–Crippen MR) is 114 cm³/mol. The average Bonchev–Trinajstić information content (AvgIpc) is 2.72. The Morgan fingerprint density at radius 1 is 1.19 bits per heavy atom. The molecule has 1 aliphatic rings. The number of aromatic hydroxyl groups is 1. The van der Waals surface area contributed by atoms with Crippen LogP contribution in [0.3, 0.4) is 0 Å². The van der Waals surface area contributed by atoms with Gasteiger partial charge in [0.2, 0.25) is 0 Å². The SMILES string of the molecule is COc1cc(CCC(=O)O[C@H]2Cc3cc4ccc(=O)oc4cc3OC2(C)C)ccc1O. The molecular weight excluding hydrogens is 400 g/mol. The lowest BCUT2D eigenvalue weighted by atomic mass is 9.90. The second-order valence-electron chi connectivity index (χ2n) is 8.15. The first-order valence-corrected chi connectivity index (χ1v) is 10.1. The van der Waals surface area contributed by atoms with Gasteiger partial charge in [0.1, 0.15) is 23.0 Å². The van der Waals surface area contributed by atoms with Crippen LogP contribution in [0.5, 0.6) is 17.2 Å². The van der Waals surface area contributed by atoms with Crippen molar-refractivity contribution in [1.29, 1.82) is 0 Å². The van der Waals surface area contributed by atoms with Gasteiger partial charge in [-0.1, -0.05) is 6.07 Å². The van der Waals surface area contributed by atoms with Crippen molar-refractivity contribution >= 4 is 16.9 Å². The van der Waals surface area contributed by atoms with Crippen molar-refractivity contribution in [1.82, 2.24) is 0 Å². The minimum Gasteiger partial charge on any atom is -0.504 e. The summed E-state index contributed by atoms with van der Waals surface area (Å²) in [5, 5.41) is 10.5. The molecule has 31 heavy (non-hydrogen) atoms. The molecule has 0 spiro atoms. The summed E-state index contributed by atoms with van der Waals surface area (Å²) in [6, 6.07) is 11.7. The molecule has 7 heteroatoms. The van der Waals surface area contributed by atoms with Crippen LogP contribution in [0.2, 0.25) is 0 Å². The molecule has 162 valence electrons. The molecule has 0 fully saturated rings. The molecule has 0 amide bonds. The number of methoxy groups -OCH3 is 1. The van der Waals surface area contributed by atoms with Crippen molar-refractivity contribution in [2.45, 2.75) is 44.8 Å². The predicted octanol–water partition coefficient (Wildman–Crippen LogP) is 3.77. The molecule has 0 saturated carbocycles. The van der Waals surface area contributed by atoms with Crippen molar-refractivity contribution in [2.75, 3.05) is 7.11 Å². The molecule has 0 aliphatic carbocycles. The van der Waals surface area contributed by atoms with Crippen LogP contribution in [0.1, 0.15) is 31.4 Å². The second kappa shape index (κ2) is 7.98. The summed E-state index contributed by atoms with van der Waals surface area (Å²) < 4.78 is 22.2. The van der Waals surface area contributed by atoms with Gasteiger partial charge >= 0.3 is 11.6 Å². The highest BCUT2D eigenvalue weighted by atomic mass is 16.6. The Hall–Kier alpha value is -3.48. The van der Waals surface area contributed by atoms with E-state index in [9.17, 15) is 14.7 Å². The summed E-state index contributed by atoms with van der Waals surface area (Å²) in [5.74, 6) is 0.715. The lowest BCUT2D eigenvalue weighted by Crippen LogP contribution is -2.48. The van der Waals surface area contributed by atoms with Crippen LogP contribution in [-0.2, 0) is 22.4 Å². The molecule has 1 N–H and O–H groups in total. The first-order chi connectivity index (χ1) is 14.7. The summed E-state index contributed by atoms with van der Waals surface area (Å²) in [7, 11) is 1.48. The monoisotopic (exact) mass is 424 g/mol. The standard InChI is InChI=1S/C24H24O7/c1-24(2)21(30-23(27)8-5-14-4-7-17(25)20(10-14)28-3)12-16-11-15-6-9-22(26)29-18(15)13-19(16)31-24/h4,6-7,9-11,13,21,25H,5,8,12H2,1-3H3/t21-/m0/s1. The smallest absolute Gasteiger partial charge is 0.336 e. The largest absolute Gasteiger partial charge is 0.504 e. The molecule has 3 aromatic rings. The maximum Gasteiger partial charge on any atom is 0.336 e. The number of phenolic OH excluding ortho intramolecular Hbond substituents is 1. The minimum absolute atomic E-state index is 0.0559. The van der Waals surface area contributed by atoms with E-state index in [4.69, 9.17) is 18.6 Å². The lowest BCUT2D eigenvalue weighted by molar-refractivity contribution is -0.161. The molecule has 0 bridgehead atoms. The number of benzene rings is 2. The fourth-order valence-electron chi connectivity index (χ4n) is 3.72. The topological polar surface area (TPSA) is 95.2 Å². The van der Waals surface area contributed by atoms with Gasteiger partial charge in [-0.2, -0.15) is 0 Å². The van der Waals surface area contributed by atoms with E-state index in [0.29, 0.717) is 29.9 Å². The number of hydrogen-bond donors (Lipinski definition) is 1. The number of carbonyl (C=O) groups excluding carboxylic acids is 1. The maximum atomic E-state index is 12.5. The van der Waals surface area contributed by atoms with E-state index in [1.54, 1.807) is 30.3 Å². The number of fused-ring (bicyclic) bond motifs is 2. The van der Waals surface area contributed by atoms with Crippen molar-refractivity contribution < 1.29 is 28.5 Å². The number of ether oxygens (including phenoxy) is 3. The summed E-state index contributed by atoms with van der Waals surface area (Å²) in [6.07, 6.45) is 0.686. The fourth-order valence-corrected chi connectivity index (χ4v) is 3.72. The van der Waals surface area contributed by atoms with Crippen LogP contribution in [0.25, 0.3) is 11.0 Å². The van der Waals surface area contributed by atoms with Gasteiger partial charge in [-0.25, -0.2) is 4.79 Å². The highest BCUT2D eigenvalue weighted by Gasteiger charge is 2.40. The van der Waals surface area contributed by atoms with Crippen LogP contribution < -0.4 is 15.1 Å². The van der Waals surface area contributed by atoms with Crippen molar-refractivity contribution in [3.63, 3.8) is 0 Å². The molecule has 0 unspecified atom stereocenters. The number of rotatable bonds is 5.